The molecule has 2 heterocycles. The number of aryl methyl sites for hydroxylation is 2. The lowest BCUT2D eigenvalue weighted by atomic mass is 9.97. The molecular weight excluding hydrogens is 398 g/mol. The van der Waals surface area contributed by atoms with Crippen LogP contribution in [0.2, 0.25) is 5.02 Å². The molecule has 1 atom stereocenters. The number of halogens is 1. The van der Waals surface area contributed by atoms with Gasteiger partial charge in [0.2, 0.25) is 5.76 Å². The van der Waals surface area contributed by atoms with Crippen molar-refractivity contribution in [1.29, 1.82) is 0 Å². The third kappa shape index (κ3) is 2.84. The van der Waals surface area contributed by atoms with Crippen molar-refractivity contribution in [2.24, 2.45) is 0 Å². The molecule has 0 bridgehead atoms. The van der Waals surface area contributed by atoms with E-state index in [4.69, 9.17) is 16.0 Å². The Hall–Kier alpha value is -3.37. The summed E-state index contributed by atoms with van der Waals surface area (Å²) in [4.78, 5) is 28.6. The van der Waals surface area contributed by atoms with Gasteiger partial charge in [0.25, 0.3) is 5.91 Å². The minimum Gasteiger partial charge on any atom is -0.450 e. The lowest BCUT2D eigenvalue weighted by molar-refractivity contribution is 0.0971. The van der Waals surface area contributed by atoms with Gasteiger partial charge in [0, 0.05) is 10.7 Å². The van der Waals surface area contributed by atoms with Crippen LogP contribution < -0.4 is 10.3 Å². The fraction of sp³-hybridized carbons (Fsp3) is 0.120. The highest BCUT2D eigenvalue weighted by molar-refractivity contribution is 6.31. The van der Waals surface area contributed by atoms with Gasteiger partial charge in [0.15, 0.2) is 5.43 Å². The summed E-state index contributed by atoms with van der Waals surface area (Å²) in [6.45, 7) is 3.92. The van der Waals surface area contributed by atoms with Crippen LogP contribution in [0.1, 0.15) is 38.9 Å². The highest BCUT2D eigenvalue weighted by Gasteiger charge is 2.43. The zero-order valence-corrected chi connectivity index (χ0v) is 17.2. The first-order chi connectivity index (χ1) is 14.4. The van der Waals surface area contributed by atoms with Crippen LogP contribution in [0, 0.1) is 13.8 Å². The molecule has 4 aromatic rings. The number of carbonyl (C=O) groups excluding carboxylic acids is 1. The Bertz CT molecular complexity index is 1370. The molecule has 1 aliphatic rings. The maximum absolute atomic E-state index is 13.5. The van der Waals surface area contributed by atoms with E-state index in [1.807, 2.05) is 50.2 Å². The molecule has 1 aliphatic heterocycles. The zero-order chi connectivity index (χ0) is 21.0. The van der Waals surface area contributed by atoms with Gasteiger partial charge in [0.05, 0.1) is 17.0 Å². The SMILES string of the molecule is Cc1ccc(C2c3c(oc4ccc(C)cc4c3=O)C(=O)N2c2cccc(Cl)c2)cc1. The summed E-state index contributed by atoms with van der Waals surface area (Å²) in [5, 5.41) is 0.991. The van der Waals surface area contributed by atoms with E-state index in [-0.39, 0.29) is 17.1 Å². The number of fused-ring (bicyclic) bond motifs is 2. The smallest absolute Gasteiger partial charge is 0.295 e. The minimum atomic E-state index is -0.590. The van der Waals surface area contributed by atoms with Crippen molar-refractivity contribution in [3.63, 3.8) is 0 Å². The maximum Gasteiger partial charge on any atom is 0.295 e. The van der Waals surface area contributed by atoms with Gasteiger partial charge in [-0.25, -0.2) is 0 Å². The Kier molecular flexibility index (Phi) is 4.26. The fourth-order valence-electron chi connectivity index (χ4n) is 4.04. The number of carbonyl (C=O) groups is 1. The Morgan fingerprint density at radius 1 is 0.900 bits per heavy atom. The zero-order valence-electron chi connectivity index (χ0n) is 16.5. The summed E-state index contributed by atoms with van der Waals surface area (Å²) in [6, 6.07) is 19.7. The van der Waals surface area contributed by atoms with E-state index < -0.39 is 6.04 Å². The van der Waals surface area contributed by atoms with Crippen molar-refractivity contribution in [2.45, 2.75) is 19.9 Å². The summed E-state index contributed by atoms with van der Waals surface area (Å²) < 4.78 is 5.99. The summed E-state index contributed by atoms with van der Waals surface area (Å²) in [5.74, 6) is -0.265. The molecule has 5 rings (SSSR count). The van der Waals surface area contributed by atoms with Crippen LogP contribution in [-0.4, -0.2) is 5.91 Å². The summed E-state index contributed by atoms with van der Waals surface area (Å²) in [6.07, 6.45) is 0. The molecule has 30 heavy (non-hydrogen) atoms. The van der Waals surface area contributed by atoms with Crippen molar-refractivity contribution in [1.82, 2.24) is 0 Å². The minimum absolute atomic E-state index is 0.0851. The normalized spacial score (nSPS) is 15.6. The Morgan fingerprint density at radius 3 is 2.37 bits per heavy atom. The molecule has 1 unspecified atom stereocenters. The lowest BCUT2D eigenvalue weighted by Gasteiger charge is -2.25. The Balaban J connectivity index is 1.83. The van der Waals surface area contributed by atoms with Gasteiger partial charge in [-0.3, -0.25) is 14.5 Å². The van der Waals surface area contributed by atoms with Crippen molar-refractivity contribution < 1.29 is 9.21 Å². The molecule has 148 valence electrons. The van der Waals surface area contributed by atoms with Crippen molar-refractivity contribution >= 4 is 34.2 Å². The molecule has 5 heteroatoms. The van der Waals surface area contributed by atoms with Crippen LogP contribution >= 0.6 is 11.6 Å². The van der Waals surface area contributed by atoms with Gasteiger partial charge in [-0.1, -0.05) is 59.1 Å². The van der Waals surface area contributed by atoms with Crippen LogP contribution in [0.15, 0.2) is 75.9 Å². The standard InChI is InChI=1S/C25H18ClNO3/c1-14-6-9-16(10-7-14)22-21-23(28)19-12-15(2)8-11-20(19)30-24(21)25(29)27(22)18-5-3-4-17(26)13-18/h3-13,22H,1-2H3. The van der Waals surface area contributed by atoms with E-state index in [1.54, 1.807) is 35.2 Å². The third-order valence-corrected chi connectivity index (χ3v) is 5.74. The Labute approximate surface area is 178 Å². The van der Waals surface area contributed by atoms with Crippen LogP contribution in [-0.2, 0) is 0 Å². The molecule has 0 saturated carbocycles. The van der Waals surface area contributed by atoms with Gasteiger partial charge in [-0.15, -0.1) is 0 Å². The number of amides is 1. The topological polar surface area (TPSA) is 50.5 Å². The van der Waals surface area contributed by atoms with Crippen molar-refractivity contribution in [2.75, 3.05) is 4.90 Å². The van der Waals surface area contributed by atoms with E-state index in [9.17, 15) is 9.59 Å². The van der Waals surface area contributed by atoms with Crippen LogP contribution in [0.25, 0.3) is 11.0 Å². The molecule has 0 N–H and O–H groups in total. The average molecular weight is 416 g/mol. The number of nitrogens with zero attached hydrogens (tertiary/aromatic N) is 1. The Morgan fingerprint density at radius 2 is 1.63 bits per heavy atom. The molecule has 0 radical (unpaired) electrons. The molecule has 1 aromatic heterocycles. The van der Waals surface area contributed by atoms with E-state index in [2.05, 4.69) is 0 Å². The number of benzene rings is 3. The highest BCUT2D eigenvalue weighted by atomic mass is 35.5. The largest absolute Gasteiger partial charge is 0.450 e. The summed E-state index contributed by atoms with van der Waals surface area (Å²) >= 11 is 6.21. The molecule has 4 nitrogen and oxygen atoms in total. The number of rotatable bonds is 2. The lowest BCUT2D eigenvalue weighted by Crippen LogP contribution is -2.29. The molecule has 0 saturated heterocycles. The third-order valence-electron chi connectivity index (χ3n) is 5.51. The second-order valence-electron chi connectivity index (χ2n) is 7.64. The monoisotopic (exact) mass is 415 g/mol. The molecule has 0 fully saturated rings. The second-order valence-corrected chi connectivity index (χ2v) is 8.08. The summed E-state index contributed by atoms with van der Waals surface area (Å²) in [7, 11) is 0. The number of anilines is 1. The molecule has 1 amide bonds. The quantitative estimate of drug-likeness (QED) is 0.415. The van der Waals surface area contributed by atoms with E-state index in [0.717, 1.165) is 16.7 Å². The van der Waals surface area contributed by atoms with Gasteiger partial charge in [-0.2, -0.15) is 0 Å². The molecule has 3 aromatic carbocycles. The van der Waals surface area contributed by atoms with Crippen LogP contribution in [0.5, 0.6) is 0 Å². The van der Waals surface area contributed by atoms with E-state index in [0.29, 0.717) is 27.2 Å². The van der Waals surface area contributed by atoms with E-state index in [1.165, 1.54) is 0 Å². The fourth-order valence-corrected chi connectivity index (χ4v) is 4.23. The molecular formula is C25H18ClNO3. The first-order valence-corrected chi connectivity index (χ1v) is 10.0. The summed E-state index contributed by atoms with van der Waals surface area (Å²) in [5.41, 5.74) is 4.10. The van der Waals surface area contributed by atoms with Gasteiger partial charge >= 0.3 is 0 Å². The van der Waals surface area contributed by atoms with Crippen molar-refractivity contribution in [3.8, 4) is 0 Å². The first kappa shape index (κ1) is 18.6. The average Bonchev–Trinajstić information content (AvgIpc) is 3.02. The van der Waals surface area contributed by atoms with Gasteiger partial charge in [0.1, 0.15) is 5.58 Å². The second kappa shape index (κ2) is 6.85. The number of hydrogen-bond donors (Lipinski definition) is 0. The van der Waals surface area contributed by atoms with Crippen molar-refractivity contribution in [3.05, 3.63) is 110 Å². The number of hydrogen-bond acceptors (Lipinski definition) is 3. The maximum atomic E-state index is 13.5. The first-order valence-electron chi connectivity index (χ1n) is 9.67. The van der Waals surface area contributed by atoms with Crippen LogP contribution in [0.4, 0.5) is 5.69 Å². The van der Waals surface area contributed by atoms with E-state index >= 15 is 0 Å². The highest BCUT2D eigenvalue weighted by Crippen LogP contribution is 2.41. The van der Waals surface area contributed by atoms with Gasteiger partial charge < -0.3 is 4.42 Å². The molecule has 0 aliphatic carbocycles. The molecule has 0 spiro atoms. The van der Waals surface area contributed by atoms with Gasteiger partial charge in [-0.05, 0) is 49.7 Å². The predicted octanol–water partition coefficient (Wildman–Crippen LogP) is 5.81. The van der Waals surface area contributed by atoms with Crippen LogP contribution in [0.3, 0.4) is 0 Å². The predicted molar refractivity (Wildman–Crippen MR) is 119 cm³/mol.